The van der Waals surface area contributed by atoms with Crippen LogP contribution in [0.5, 0.6) is 0 Å². The van der Waals surface area contributed by atoms with E-state index in [0.29, 0.717) is 5.69 Å². The van der Waals surface area contributed by atoms with Crippen LogP contribution in [0, 0.1) is 13.8 Å². The Hall–Kier alpha value is -2.32. The first-order valence-corrected chi connectivity index (χ1v) is 11.4. The summed E-state index contributed by atoms with van der Waals surface area (Å²) in [6, 6.07) is 7.25. The predicted octanol–water partition coefficient (Wildman–Crippen LogP) is 3.53. The largest absolute Gasteiger partial charge is 0.376 e. The molecule has 2 aliphatic heterocycles. The maximum Gasteiger partial charge on any atom is 0.237 e. The third-order valence-electron chi connectivity index (χ3n) is 5.79. The molecule has 3 heterocycles. The number of nitrogens with zero attached hydrogens (tertiary/aromatic N) is 3. The number of rotatable bonds is 5. The van der Waals surface area contributed by atoms with Crippen molar-refractivity contribution in [2.75, 3.05) is 22.6 Å². The number of imidazole rings is 1. The Kier molecular flexibility index (Phi) is 6.15. The minimum Gasteiger partial charge on any atom is -0.376 e. The van der Waals surface area contributed by atoms with Gasteiger partial charge in [-0.25, -0.2) is 4.98 Å². The summed E-state index contributed by atoms with van der Waals surface area (Å²) in [5.74, 6) is 0.156. The van der Waals surface area contributed by atoms with E-state index in [1.165, 1.54) is 11.8 Å². The number of thioether (sulfide) groups is 1. The first kappa shape index (κ1) is 20.9. The van der Waals surface area contributed by atoms with E-state index < -0.39 is 0 Å². The Labute approximate surface area is 181 Å². The molecule has 0 aliphatic carbocycles. The SMILES string of the molecule is Cc1nc(SCC(=O)N2c3ccccc3NC(=O)C[C@H]2C)n(C[C@H]2CCCO2)c1C. The second-order valence-electron chi connectivity index (χ2n) is 7.98. The van der Waals surface area contributed by atoms with E-state index >= 15 is 0 Å². The number of benzene rings is 1. The van der Waals surface area contributed by atoms with Gasteiger partial charge in [0.2, 0.25) is 11.8 Å². The first-order valence-electron chi connectivity index (χ1n) is 10.4. The van der Waals surface area contributed by atoms with E-state index in [2.05, 4.69) is 16.8 Å². The molecule has 0 spiro atoms. The molecule has 30 heavy (non-hydrogen) atoms. The van der Waals surface area contributed by atoms with Crippen molar-refractivity contribution < 1.29 is 14.3 Å². The van der Waals surface area contributed by atoms with Crippen LogP contribution in [0.25, 0.3) is 0 Å². The molecule has 2 aromatic rings. The lowest BCUT2D eigenvalue weighted by Crippen LogP contribution is -2.40. The number of nitrogens with one attached hydrogen (secondary N) is 1. The predicted molar refractivity (Wildman–Crippen MR) is 118 cm³/mol. The Morgan fingerprint density at radius 2 is 2.13 bits per heavy atom. The maximum absolute atomic E-state index is 13.3. The van der Waals surface area contributed by atoms with E-state index in [1.54, 1.807) is 4.90 Å². The summed E-state index contributed by atoms with van der Waals surface area (Å²) in [4.78, 5) is 31.9. The summed E-state index contributed by atoms with van der Waals surface area (Å²) >= 11 is 1.45. The van der Waals surface area contributed by atoms with Crippen LogP contribution in [-0.2, 0) is 20.9 Å². The van der Waals surface area contributed by atoms with Crippen molar-refractivity contribution in [2.24, 2.45) is 0 Å². The molecule has 0 bridgehead atoms. The molecule has 1 aromatic heterocycles. The number of carbonyl (C=O) groups is 2. The molecule has 0 radical (unpaired) electrons. The van der Waals surface area contributed by atoms with Gasteiger partial charge in [0.05, 0.1) is 35.5 Å². The monoisotopic (exact) mass is 428 g/mol. The quantitative estimate of drug-likeness (QED) is 0.738. The van der Waals surface area contributed by atoms with E-state index in [9.17, 15) is 9.59 Å². The molecular formula is C22H28N4O3S. The third kappa shape index (κ3) is 4.25. The van der Waals surface area contributed by atoms with Crippen LogP contribution in [-0.4, -0.2) is 45.9 Å². The molecular weight excluding hydrogens is 400 g/mol. The van der Waals surface area contributed by atoms with E-state index in [4.69, 9.17) is 9.72 Å². The van der Waals surface area contributed by atoms with E-state index in [0.717, 1.165) is 48.2 Å². The van der Waals surface area contributed by atoms with Gasteiger partial charge in [0.15, 0.2) is 5.16 Å². The van der Waals surface area contributed by atoms with Crippen LogP contribution in [0.2, 0.25) is 0 Å². The molecule has 1 saturated heterocycles. The van der Waals surface area contributed by atoms with Gasteiger partial charge in [0, 0.05) is 24.8 Å². The van der Waals surface area contributed by atoms with Gasteiger partial charge in [-0.15, -0.1) is 0 Å². The summed E-state index contributed by atoms with van der Waals surface area (Å²) in [5, 5.41) is 3.75. The minimum atomic E-state index is -0.211. The van der Waals surface area contributed by atoms with E-state index in [-0.39, 0.29) is 36.1 Å². The fourth-order valence-corrected chi connectivity index (χ4v) is 5.06. The molecule has 2 aliphatic rings. The smallest absolute Gasteiger partial charge is 0.237 e. The van der Waals surface area contributed by atoms with Crippen LogP contribution < -0.4 is 10.2 Å². The van der Waals surface area contributed by atoms with Crippen LogP contribution in [0.15, 0.2) is 29.4 Å². The fraction of sp³-hybridized carbons (Fsp3) is 0.500. The number of fused-ring (bicyclic) bond motifs is 1. The highest BCUT2D eigenvalue weighted by Crippen LogP contribution is 2.32. The molecule has 2 amide bonds. The van der Waals surface area contributed by atoms with Gasteiger partial charge < -0.3 is 19.5 Å². The topological polar surface area (TPSA) is 76.5 Å². The van der Waals surface area contributed by atoms with Crippen molar-refractivity contribution in [2.45, 2.75) is 63.9 Å². The van der Waals surface area contributed by atoms with Gasteiger partial charge in [-0.3, -0.25) is 9.59 Å². The molecule has 1 fully saturated rings. The summed E-state index contributed by atoms with van der Waals surface area (Å²) in [5.41, 5.74) is 3.52. The number of para-hydroxylation sites is 2. The molecule has 4 rings (SSSR count). The molecule has 0 saturated carbocycles. The van der Waals surface area contributed by atoms with Crippen molar-refractivity contribution in [3.63, 3.8) is 0 Å². The summed E-state index contributed by atoms with van der Waals surface area (Å²) in [7, 11) is 0. The molecule has 160 valence electrons. The average molecular weight is 429 g/mol. The second-order valence-corrected chi connectivity index (χ2v) is 8.92. The Bertz CT molecular complexity index is 952. The van der Waals surface area contributed by atoms with Crippen molar-refractivity contribution in [1.82, 2.24) is 9.55 Å². The zero-order valence-electron chi connectivity index (χ0n) is 17.7. The van der Waals surface area contributed by atoms with Crippen LogP contribution in [0.3, 0.4) is 0 Å². The van der Waals surface area contributed by atoms with Crippen LogP contribution in [0.4, 0.5) is 11.4 Å². The summed E-state index contributed by atoms with van der Waals surface area (Å²) in [6.07, 6.45) is 2.64. The molecule has 1 N–H and O–H groups in total. The van der Waals surface area contributed by atoms with Gasteiger partial charge in [-0.2, -0.15) is 0 Å². The van der Waals surface area contributed by atoms with Gasteiger partial charge in [-0.05, 0) is 45.7 Å². The lowest BCUT2D eigenvalue weighted by molar-refractivity contribution is -0.117. The van der Waals surface area contributed by atoms with Crippen LogP contribution >= 0.6 is 11.8 Å². The number of hydrogen-bond acceptors (Lipinski definition) is 5. The number of aromatic nitrogens is 2. The van der Waals surface area contributed by atoms with Crippen molar-refractivity contribution in [3.8, 4) is 0 Å². The highest BCUT2D eigenvalue weighted by molar-refractivity contribution is 7.99. The molecule has 8 heteroatoms. The standard InChI is InChI=1S/C22H28N4O3S/c1-14-11-20(27)24-18-8-4-5-9-19(18)26(14)21(28)13-30-22-23-15(2)16(3)25(22)12-17-7-6-10-29-17/h4-5,8-9,14,17H,6-7,10-13H2,1-3H3,(H,24,27)/t14-,17-/m1/s1. The minimum absolute atomic E-state index is 0.0292. The Balaban J connectivity index is 1.52. The highest BCUT2D eigenvalue weighted by Gasteiger charge is 2.30. The van der Waals surface area contributed by atoms with Crippen molar-refractivity contribution >= 4 is 35.0 Å². The first-order chi connectivity index (χ1) is 14.4. The molecule has 7 nitrogen and oxygen atoms in total. The third-order valence-corrected chi connectivity index (χ3v) is 6.75. The van der Waals surface area contributed by atoms with Gasteiger partial charge in [0.1, 0.15) is 0 Å². The second kappa shape index (κ2) is 8.81. The fourth-order valence-electron chi connectivity index (χ4n) is 4.10. The van der Waals surface area contributed by atoms with Gasteiger partial charge in [-0.1, -0.05) is 23.9 Å². The van der Waals surface area contributed by atoms with Crippen molar-refractivity contribution in [3.05, 3.63) is 35.7 Å². The number of ether oxygens (including phenoxy) is 1. The maximum atomic E-state index is 13.3. The Morgan fingerprint density at radius 3 is 2.90 bits per heavy atom. The number of carbonyl (C=O) groups excluding carboxylic acids is 2. The average Bonchev–Trinajstić information content (AvgIpc) is 3.28. The molecule has 2 atom stereocenters. The lowest BCUT2D eigenvalue weighted by atomic mass is 10.2. The van der Waals surface area contributed by atoms with Crippen molar-refractivity contribution in [1.29, 1.82) is 0 Å². The highest BCUT2D eigenvalue weighted by atomic mass is 32.2. The molecule has 1 aromatic carbocycles. The normalized spacial score (nSPS) is 21.3. The number of amides is 2. The molecule has 0 unspecified atom stereocenters. The van der Waals surface area contributed by atoms with Gasteiger partial charge >= 0.3 is 0 Å². The summed E-state index contributed by atoms with van der Waals surface area (Å²) < 4.78 is 7.98. The van der Waals surface area contributed by atoms with E-state index in [1.807, 2.05) is 38.1 Å². The number of hydrogen-bond donors (Lipinski definition) is 1. The lowest BCUT2D eigenvalue weighted by Gasteiger charge is -2.27. The Morgan fingerprint density at radius 1 is 1.33 bits per heavy atom. The van der Waals surface area contributed by atoms with Gasteiger partial charge in [0.25, 0.3) is 0 Å². The zero-order chi connectivity index (χ0) is 21.3. The number of anilines is 2. The summed E-state index contributed by atoms with van der Waals surface area (Å²) in [6.45, 7) is 7.56. The zero-order valence-corrected chi connectivity index (χ0v) is 18.5. The van der Waals surface area contributed by atoms with Crippen LogP contribution in [0.1, 0.15) is 37.6 Å². The number of aryl methyl sites for hydroxylation is 1.